The normalized spacial score (nSPS) is 20.2. The van der Waals surface area contributed by atoms with Crippen molar-refractivity contribution in [1.29, 1.82) is 0 Å². The maximum absolute atomic E-state index is 11.7. The van der Waals surface area contributed by atoms with Gasteiger partial charge in [0.25, 0.3) is 0 Å². The van der Waals surface area contributed by atoms with Crippen LogP contribution in [0.4, 0.5) is 4.79 Å². The van der Waals surface area contributed by atoms with Gasteiger partial charge in [0.15, 0.2) is 0 Å². The van der Waals surface area contributed by atoms with Crippen LogP contribution >= 0.6 is 0 Å². The van der Waals surface area contributed by atoms with Crippen molar-refractivity contribution in [3.63, 3.8) is 0 Å². The zero-order chi connectivity index (χ0) is 13.9. The van der Waals surface area contributed by atoms with E-state index in [1.165, 1.54) is 4.90 Å². The molecule has 1 aliphatic rings. The summed E-state index contributed by atoms with van der Waals surface area (Å²) in [6, 6.07) is -0.0793. The molecule has 0 radical (unpaired) electrons. The van der Waals surface area contributed by atoms with Crippen molar-refractivity contribution >= 4 is 12.0 Å². The minimum Gasteiger partial charge on any atom is -0.444 e. The number of carbonyl (C=O) groups is 2. The maximum Gasteiger partial charge on any atom is 0.410 e. The summed E-state index contributed by atoms with van der Waals surface area (Å²) in [5.74, 6) is 0.0556. The van der Waals surface area contributed by atoms with Crippen molar-refractivity contribution < 1.29 is 14.3 Å². The van der Waals surface area contributed by atoms with E-state index in [0.717, 1.165) is 0 Å². The van der Waals surface area contributed by atoms with Gasteiger partial charge in [-0.2, -0.15) is 0 Å². The third kappa shape index (κ3) is 4.52. The number of nitrogens with zero attached hydrogens (tertiary/aromatic N) is 2. The third-order valence-electron chi connectivity index (χ3n) is 2.65. The highest BCUT2D eigenvalue weighted by Crippen LogP contribution is 2.11. The van der Waals surface area contributed by atoms with Crippen LogP contribution in [-0.2, 0) is 9.53 Å². The number of ether oxygens (including phenoxy) is 1. The zero-order valence-electron chi connectivity index (χ0n) is 11.6. The maximum atomic E-state index is 11.7. The molecule has 0 aromatic heterocycles. The molecule has 1 atom stereocenters. The first-order valence-corrected chi connectivity index (χ1v) is 6.16. The Kier molecular flexibility index (Phi) is 4.56. The zero-order valence-corrected chi connectivity index (χ0v) is 11.6. The highest BCUT2D eigenvalue weighted by atomic mass is 16.6. The van der Waals surface area contributed by atoms with Gasteiger partial charge >= 0.3 is 6.09 Å². The Bertz CT molecular complexity index is 325. The van der Waals surface area contributed by atoms with E-state index < -0.39 is 5.60 Å². The molecule has 1 aliphatic heterocycles. The van der Waals surface area contributed by atoms with Crippen LogP contribution in [0.1, 0.15) is 27.2 Å². The molecule has 0 bridgehead atoms. The summed E-state index contributed by atoms with van der Waals surface area (Å²) >= 11 is 0. The molecular formula is C12H23N3O3. The smallest absolute Gasteiger partial charge is 0.410 e. The second kappa shape index (κ2) is 5.56. The van der Waals surface area contributed by atoms with Crippen LogP contribution in [0.3, 0.4) is 0 Å². The summed E-state index contributed by atoms with van der Waals surface area (Å²) in [5.41, 5.74) is 5.19. The number of likely N-dealkylation sites (N-methyl/N-ethyl adjacent to an activating group) is 1. The van der Waals surface area contributed by atoms with Crippen molar-refractivity contribution in [3.05, 3.63) is 0 Å². The molecule has 1 unspecified atom stereocenters. The fourth-order valence-electron chi connectivity index (χ4n) is 1.72. The van der Waals surface area contributed by atoms with E-state index in [1.54, 1.807) is 11.9 Å². The first-order chi connectivity index (χ1) is 8.19. The average molecular weight is 257 g/mol. The highest BCUT2D eigenvalue weighted by molar-refractivity contribution is 5.79. The minimum absolute atomic E-state index is 0.0556. The Labute approximate surface area is 108 Å². The molecule has 0 aromatic rings. The number of hydrogen-bond acceptors (Lipinski definition) is 4. The van der Waals surface area contributed by atoms with Crippen LogP contribution < -0.4 is 5.73 Å². The van der Waals surface area contributed by atoms with Crippen LogP contribution in [-0.4, -0.2) is 60.1 Å². The topological polar surface area (TPSA) is 75.9 Å². The van der Waals surface area contributed by atoms with Gasteiger partial charge in [0, 0.05) is 39.1 Å². The van der Waals surface area contributed by atoms with Gasteiger partial charge in [-0.15, -0.1) is 0 Å². The molecule has 2 N–H and O–H groups in total. The van der Waals surface area contributed by atoms with Crippen LogP contribution in [0.5, 0.6) is 0 Å². The molecular weight excluding hydrogens is 234 g/mol. The van der Waals surface area contributed by atoms with Crippen LogP contribution in [0.15, 0.2) is 0 Å². The summed E-state index contributed by atoms with van der Waals surface area (Å²) in [6.07, 6.45) is 0.0225. The molecule has 1 heterocycles. The van der Waals surface area contributed by atoms with Crippen molar-refractivity contribution in [2.75, 3.05) is 26.7 Å². The van der Waals surface area contributed by atoms with E-state index in [2.05, 4.69) is 0 Å². The standard InChI is InChI=1S/C12H23N3O3/c1-12(2,3)18-11(17)14(4)5-6-15-8-9(13)7-10(15)16/h9H,5-8,13H2,1-4H3. The Morgan fingerprint density at radius 1 is 1.56 bits per heavy atom. The molecule has 104 valence electrons. The molecule has 0 aromatic carbocycles. The largest absolute Gasteiger partial charge is 0.444 e. The van der Waals surface area contributed by atoms with E-state index in [4.69, 9.17) is 10.5 Å². The molecule has 2 amide bonds. The van der Waals surface area contributed by atoms with Crippen molar-refractivity contribution in [1.82, 2.24) is 9.80 Å². The first kappa shape index (κ1) is 14.8. The predicted octanol–water partition coefficient (Wildman–Crippen LogP) is 0.413. The van der Waals surface area contributed by atoms with Crippen LogP contribution in [0, 0.1) is 0 Å². The van der Waals surface area contributed by atoms with E-state index in [-0.39, 0.29) is 18.0 Å². The van der Waals surface area contributed by atoms with Gasteiger partial charge in [0.2, 0.25) is 5.91 Å². The van der Waals surface area contributed by atoms with Crippen LogP contribution in [0.25, 0.3) is 0 Å². The summed E-state index contributed by atoms with van der Waals surface area (Å²) in [7, 11) is 1.66. The molecule has 1 fully saturated rings. The molecule has 18 heavy (non-hydrogen) atoms. The van der Waals surface area contributed by atoms with Gasteiger partial charge in [0.1, 0.15) is 5.60 Å². The number of nitrogens with two attached hydrogens (primary N) is 1. The van der Waals surface area contributed by atoms with E-state index in [0.29, 0.717) is 26.1 Å². The van der Waals surface area contributed by atoms with Gasteiger partial charge < -0.3 is 20.3 Å². The summed E-state index contributed by atoms with van der Waals surface area (Å²) in [4.78, 5) is 26.4. The van der Waals surface area contributed by atoms with Crippen molar-refractivity contribution in [2.45, 2.75) is 38.8 Å². The lowest BCUT2D eigenvalue weighted by molar-refractivity contribution is -0.127. The number of amides is 2. The second-order valence-corrected chi connectivity index (χ2v) is 5.71. The Balaban J connectivity index is 2.35. The highest BCUT2D eigenvalue weighted by Gasteiger charge is 2.27. The number of rotatable bonds is 3. The Morgan fingerprint density at radius 3 is 2.61 bits per heavy atom. The van der Waals surface area contributed by atoms with Gasteiger partial charge in [-0.3, -0.25) is 4.79 Å². The molecule has 0 saturated carbocycles. The Hall–Kier alpha value is -1.30. The fourth-order valence-corrected chi connectivity index (χ4v) is 1.72. The lowest BCUT2D eigenvalue weighted by Crippen LogP contribution is -2.40. The third-order valence-corrected chi connectivity index (χ3v) is 2.65. The SMILES string of the molecule is CN(CCN1CC(N)CC1=O)C(=O)OC(C)(C)C. The lowest BCUT2D eigenvalue weighted by Gasteiger charge is -2.26. The molecule has 0 spiro atoms. The molecule has 6 nitrogen and oxygen atoms in total. The lowest BCUT2D eigenvalue weighted by atomic mass is 10.2. The van der Waals surface area contributed by atoms with Crippen molar-refractivity contribution in [2.24, 2.45) is 5.73 Å². The van der Waals surface area contributed by atoms with Gasteiger partial charge in [-0.25, -0.2) is 4.79 Å². The quantitative estimate of drug-likeness (QED) is 0.794. The van der Waals surface area contributed by atoms with Gasteiger partial charge in [-0.1, -0.05) is 0 Å². The fraction of sp³-hybridized carbons (Fsp3) is 0.833. The predicted molar refractivity (Wildman–Crippen MR) is 68.0 cm³/mol. The van der Waals surface area contributed by atoms with E-state index >= 15 is 0 Å². The summed E-state index contributed by atoms with van der Waals surface area (Å²) < 4.78 is 5.22. The number of hydrogen-bond donors (Lipinski definition) is 1. The monoisotopic (exact) mass is 257 g/mol. The summed E-state index contributed by atoms with van der Waals surface area (Å²) in [5, 5.41) is 0. The van der Waals surface area contributed by atoms with Crippen molar-refractivity contribution in [3.8, 4) is 0 Å². The van der Waals surface area contributed by atoms with Crippen LogP contribution in [0.2, 0.25) is 0 Å². The molecule has 6 heteroatoms. The average Bonchev–Trinajstić information content (AvgIpc) is 2.51. The van der Waals surface area contributed by atoms with E-state index in [9.17, 15) is 9.59 Å². The number of likely N-dealkylation sites (tertiary alicyclic amines) is 1. The second-order valence-electron chi connectivity index (χ2n) is 5.71. The van der Waals surface area contributed by atoms with Gasteiger partial charge in [0.05, 0.1) is 0 Å². The Morgan fingerprint density at radius 2 is 2.17 bits per heavy atom. The molecule has 0 aliphatic carbocycles. The van der Waals surface area contributed by atoms with E-state index in [1.807, 2.05) is 20.8 Å². The summed E-state index contributed by atoms with van der Waals surface area (Å²) in [6.45, 7) is 6.99. The number of carbonyl (C=O) groups excluding carboxylic acids is 2. The minimum atomic E-state index is -0.503. The molecule has 1 rings (SSSR count). The first-order valence-electron chi connectivity index (χ1n) is 6.16. The van der Waals surface area contributed by atoms with Gasteiger partial charge in [-0.05, 0) is 20.8 Å². The molecule has 1 saturated heterocycles.